The molecule has 5 rings (SSSR count). The molecule has 4 aromatic heterocycles. The van der Waals surface area contributed by atoms with Crippen LogP contribution < -0.4 is 0 Å². The van der Waals surface area contributed by atoms with Gasteiger partial charge in [-0.3, -0.25) is 9.20 Å². The topological polar surface area (TPSA) is 101 Å². The van der Waals surface area contributed by atoms with Crippen LogP contribution in [0.2, 0.25) is 0 Å². The average molecular weight is 438 g/mol. The SMILES string of the molecule is O=C(c1cc2c(nc3sccn32)s1)N1CCN(S(=O)(=O)Cc2ccon2)CC1. The summed E-state index contributed by atoms with van der Waals surface area (Å²) in [6, 6.07) is 3.40. The molecule has 146 valence electrons. The first-order chi connectivity index (χ1) is 13.5. The molecule has 0 aromatic carbocycles. The second kappa shape index (κ2) is 6.65. The molecule has 0 unspecified atom stereocenters. The third-order valence-electron chi connectivity index (χ3n) is 4.69. The van der Waals surface area contributed by atoms with Crippen molar-refractivity contribution < 1.29 is 17.7 Å². The fourth-order valence-electron chi connectivity index (χ4n) is 3.27. The Hall–Kier alpha value is -2.28. The number of hydrogen-bond donors (Lipinski definition) is 0. The second-order valence-electron chi connectivity index (χ2n) is 6.41. The number of nitrogens with zero attached hydrogens (tertiary/aromatic N) is 5. The van der Waals surface area contributed by atoms with Crippen molar-refractivity contribution in [2.75, 3.05) is 26.2 Å². The summed E-state index contributed by atoms with van der Waals surface area (Å²) in [5, 5.41) is 5.62. The van der Waals surface area contributed by atoms with Gasteiger partial charge in [-0.25, -0.2) is 13.4 Å². The van der Waals surface area contributed by atoms with E-state index in [0.29, 0.717) is 23.7 Å². The predicted octanol–water partition coefficient (Wildman–Crippen LogP) is 1.89. The van der Waals surface area contributed by atoms with Crippen LogP contribution in [-0.2, 0) is 15.8 Å². The van der Waals surface area contributed by atoms with E-state index >= 15 is 0 Å². The fraction of sp³-hybridized carbons (Fsp3) is 0.312. The van der Waals surface area contributed by atoms with Gasteiger partial charge in [0.15, 0.2) is 4.96 Å². The molecule has 1 amide bonds. The van der Waals surface area contributed by atoms with Gasteiger partial charge in [0.1, 0.15) is 16.8 Å². The van der Waals surface area contributed by atoms with E-state index in [1.165, 1.54) is 28.0 Å². The summed E-state index contributed by atoms with van der Waals surface area (Å²) < 4.78 is 33.1. The standard InChI is InChI=1S/C16H15N5O4S3/c22-15(13-9-12-14(27-13)17-16-21(12)6-8-26-16)19-2-4-20(5-3-19)28(23,24)10-11-1-7-25-18-11/h1,6-9H,2-5,10H2. The van der Waals surface area contributed by atoms with Crippen molar-refractivity contribution in [3.8, 4) is 0 Å². The van der Waals surface area contributed by atoms with Crippen molar-refractivity contribution in [1.29, 1.82) is 0 Å². The highest BCUT2D eigenvalue weighted by Crippen LogP contribution is 2.29. The number of carbonyl (C=O) groups is 1. The normalized spacial score (nSPS) is 16.4. The number of rotatable bonds is 4. The number of imidazole rings is 1. The molecular weight excluding hydrogens is 422 g/mol. The first kappa shape index (κ1) is 17.8. The average Bonchev–Trinajstić information content (AvgIpc) is 3.43. The Balaban J connectivity index is 1.28. The minimum Gasteiger partial charge on any atom is -0.364 e. The molecule has 0 aliphatic carbocycles. The predicted molar refractivity (Wildman–Crippen MR) is 105 cm³/mol. The molecule has 1 aliphatic heterocycles. The summed E-state index contributed by atoms with van der Waals surface area (Å²) in [6.07, 6.45) is 3.29. The van der Waals surface area contributed by atoms with Crippen LogP contribution in [0.1, 0.15) is 15.4 Å². The van der Waals surface area contributed by atoms with Crippen LogP contribution in [0.4, 0.5) is 0 Å². The molecule has 0 N–H and O–H groups in total. The maximum absolute atomic E-state index is 12.9. The Kier molecular flexibility index (Phi) is 4.23. The quantitative estimate of drug-likeness (QED) is 0.483. The van der Waals surface area contributed by atoms with Gasteiger partial charge in [0.25, 0.3) is 5.91 Å². The van der Waals surface area contributed by atoms with Crippen LogP contribution >= 0.6 is 22.7 Å². The molecule has 0 atom stereocenters. The van der Waals surface area contributed by atoms with E-state index in [1.54, 1.807) is 16.2 Å². The molecule has 0 bridgehead atoms. The molecule has 28 heavy (non-hydrogen) atoms. The van der Waals surface area contributed by atoms with Crippen molar-refractivity contribution in [3.05, 3.63) is 40.5 Å². The highest BCUT2D eigenvalue weighted by atomic mass is 32.2. The molecule has 0 spiro atoms. The largest absolute Gasteiger partial charge is 0.364 e. The van der Waals surface area contributed by atoms with Gasteiger partial charge in [0.05, 0.1) is 16.1 Å². The number of thiazole rings is 1. The molecule has 1 fully saturated rings. The van der Waals surface area contributed by atoms with E-state index < -0.39 is 10.0 Å². The Labute approximate surface area is 167 Å². The zero-order valence-corrected chi connectivity index (χ0v) is 17.0. The Morgan fingerprint density at radius 3 is 2.82 bits per heavy atom. The van der Waals surface area contributed by atoms with Gasteiger partial charge < -0.3 is 9.42 Å². The van der Waals surface area contributed by atoms with E-state index in [0.717, 1.165) is 15.3 Å². The molecule has 1 saturated heterocycles. The lowest BCUT2D eigenvalue weighted by molar-refractivity contribution is 0.0702. The van der Waals surface area contributed by atoms with Crippen molar-refractivity contribution in [2.24, 2.45) is 0 Å². The minimum absolute atomic E-state index is 0.0828. The van der Waals surface area contributed by atoms with Gasteiger partial charge in [-0.15, -0.1) is 22.7 Å². The zero-order chi connectivity index (χ0) is 19.3. The van der Waals surface area contributed by atoms with Gasteiger partial charge >= 0.3 is 0 Å². The lowest BCUT2D eigenvalue weighted by Crippen LogP contribution is -2.50. The van der Waals surface area contributed by atoms with Crippen LogP contribution in [-0.4, -0.2) is 64.3 Å². The fourth-order valence-corrected chi connectivity index (χ4v) is 6.46. The first-order valence-corrected chi connectivity index (χ1v) is 11.8. The van der Waals surface area contributed by atoms with Gasteiger partial charge in [-0.2, -0.15) is 4.31 Å². The Morgan fingerprint density at radius 1 is 1.25 bits per heavy atom. The molecule has 0 radical (unpaired) electrons. The number of sulfonamides is 1. The van der Waals surface area contributed by atoms with Crippen molar-refractivity contribution in [2.45, 2.75) is 5.75 Å². The van der Waals surface area contributed by atoms with E-state index in [1.807, 2.05) is 22.0 Å². The highest BCUT2D eigenvalue weighted by molar-refractivity contribution is 7.88. The van der Waals surface area contributed by atoms with Gasteiger partial charge in [0.2, 0.25) is 10.0 Å². The number of thiophene rings is 1. The first-order valence-electron chi connectivity index (χ1n) is 8.53. The Bertz CT molecular complexity index is 1250. The highest BCUT2D eigenvalue weighted by Gasteiger charge is 2.30. The molecule has 4 aromatic rings. The van der Waals surface area contributed by atoms with Crippen LogP contribution in [0.3, 0.4) is 0 Å². The number of aromatic nitrogens is 3. The Morgan fingerprint density at radius 2 is 2.07 bits per heavy atom. The van der Waals surface area contributed by atoms with E-state index in [2.05, 4.69) is 10.1 Å². The summed E-state index contributed by atoms with van der Waals surface area (Å²) in [7, 11) is -3.49. The van der Waals surface area contributed by atoms with Crippen molar-refractivity contribution in [1.82, 2.24) is 23.7 Å². The second-order valence-corrected chi connectivity index (χ2v) is 10.3. The molecular formula is C16H15N5O4S3. The van der Waals surface area contributed by atoms with E-state index in [-0.39, 0.29) is 24.7 Å². The third kappa shape index (κ3) is 3.02. The van der Waals surface area contributed by atoms with E-state index in [4.69, 9.17) is 4.52 Å². The minimum atomic E-state index is -3.49. The number of hydrogen-bond acceptors (Lipinski definition) is 8. The van der Waals surface area contributed by atoms with Gasteiger partial charge in [-0.05, 0) is 6.07 Å². The van der Waals surface area contributed by atoms with Crippen molar-refractivity contribution in [3.63, 3.8) is 0 Å². The maximum Gasteiger partial charge on any atom is 0.264 e. The van der Waals surface area contributed by atoms with Gasteiger partial charge in [0, 0.05) is 43.8 Å². The summed E-state index contributed by atoms with van der Waals surface area (Å²) >= 11 is 2.93. The molecule has 12 heteroatoms. The summed E-state index contributed by atoms with van der Waals surface area (Å²) in [5.41, 5.74) is 1.30. The van der Waals surface area contributed by atoms with Crippen molar-refractivity contribution >= 4 is 53.9 Å². The van der Waals surface area contributed by atoms with Crippen LogP contribution in [0.15, 0.2) is 34.5 Å². The molecule has 0 saturated carbocycles. The number of piperazine rings is 1. The summed E-state index contributed by atoms with van der Waals surface area (Å²) in [4.78, 5) is 21.5. The number of carbonyl (C=O) groups excluding carboxylic acids is 1. The van der Waals surface area contributed by atoms with Crippen LogP contribution in [0.5, 0.6) is 0 Å². The van der Waals surface area contributed by atoms with Crippen LogP contribution in [0.25, 0.3) is 15.3 Å². The summed E-state index contributed by atoms with van der Waals surface area (Å²) in [6.45, 7) is 1.25. The maximum atomic E-state index is 12.9. The van der Waals surface area contributed by atoms with E-state index in [9.17, 15) is 13.2 Å². The molecule has 1 aliphatic rings. The monoisotopic (exact) mass is 437 g/mol. The molecule has 5 heterocycles. The van der Waals surface area contributed by atoms with Crippen LogP contribution in [0, 0.1) is 0 Å². The zero-order valence-electron chi connectivity index (χ0n) is 14.5. The molecule has 9 nitrogen and oxygen atoms in total. The lowest BCUT2D eigenvalue weighted by atomic mass is 10.3. The number of amides is 1. The number of fused-ring (bicyclic) bond motifs is 3. The van der Waals surface area contributed by atoms with Gasteiger partial charge in [-0.1, -0.05) is 5.16 Å². The summed E-state index contributed by atoms with van der Waals surface area (Å²) in [5.74, 6) is -0.280. The third-order valence-corrected chi connectivity index (χ3v) is 8.27. The lowest BCUT2D eigenvalue weighted by Gasteiger charge is -2.33. The smallest absolute Gasteiger partial charge is 0.264 e.